The van der Waals surface area contributed by atoms with E-state index in [2.05, 4.69) is 16.3 Å². The van der Waals surface area contributed by atoms with Gasteiger partial charge in [-0.25, -0.2) is 14.3 Å². The minimum Gasteiger partial charge on any atom is -0.490 e. The normalized spacial score (nSPS) is 16.4. The summed E-state index contributed by atoms with van der Waals surface area (Å²) in [4.78, 5) is 33.2. The minimum absolute atomic E-state index is 0.154. The van der Waals surface area contributed by atoms with Crippen molar-refractivity contribution < 1.29 is 24.2 Å². The lowest BCUT2D eigenvalue weighted by molar-refractivity contribution is -0.160. The number of anilines is 1. The van der Waals surface area contributed by atoms with Crippen LogP contribution in [-0.4, -0.2) is 56.9 Å². The highest BCUT2D eigenvalue weighted by Gasteiger charge is 2.35. The van der Waals surface area contributed by atoms with E-state index in [0.29, 0.717) is 58.6 Å². The smallest absolute Gasteiger partial charge is 0.337 e. The van der Waals surface area contributed by atoms with Gasteiger partial charge in [0, 0.05) is 36.0 Å². The highest BCUT2D eigenvalue weighted by atomic mass is 35.5. The third-order valence-corrected chi connectivity index (χ3v) is 8.60. The predicted octanol–water partition coefficient (Wildman–Crippen LogP) is 6.15. The van der Waals surface area contributed by atoms with Gasteiger partial charge in [0.2, 0.25) is 0 Å². The summed E-state index contributed by atoms with van der Waals surface area (Å²) in [5, 5.41) is 18.6. The van der Waals surface area contributed by atoms with Gasteiger partial charge in [0.1, 0.15) is 12.4 Å². The van der Waals surface area contributed by atoms with Crippen LogP contribution in [0.15, 0.2) is 42.5 Å². The van der Waals surface area contributed by atoms with Crippen molar-refractivity contribution in [3.63, 3.8) is 0 Å². The van der Waals surface area contributed by atoms with Crippen molar-refractivity contribution >= 4 is 34.8 Å². The van der Waals surface area contributed by atoms with Crippen molar-refractivity contribution in [2.24, 2.45) is 0 Å². The number of amides is 1. The molecule has 11 heteroatoms. The standard InChI is InChI=1S/C34H38ClN5O5/c1-20-27(31(33(42)43)45-34(2,3)4)29-23-13-14-25-30(28(23)35)39(16-17-44-25)15-9-5-6-10-21-11-7-8-12-22(21)19-36-32(41)24-18-26(37-20)40(29)38-24/h7-8,11-14,18,31H,5-6,9-10,15-17,19H2,1-4H3,(H,36,41)(H,42,43). The molecule has 2 aromatic heterocycles. The van der Waals surface area contributed by atoms with Gasteiger partial charge in [0.05, 0.1) is 28.5 Å². The van der Waals surface area contributed by atoms with Crippen molar-refractivity contribution in [2.75, 3.05) is 24.6 Å². The number of benzene rings is 2. The lowest BCUT2D eigenvalue weighted by atomic mass is 9.97. The Morgan fingerprint density at radius 2 is 1.89 bits per heavy atom. The number of nitrogens with zero attached hydrogens (tertiary/aromatic N) is 4. The van der Waals surface area contributed by atoms with Gasteiger partial charge in [-0.1, -0.05) is 42.3 Å². The molecule has 4 aromatic rings. The fourth-order valence-electron chi connectivity index (χ4n) is 6.18. The molecule has 6 rings (SSSR count). The van der Waals surface area contributed by atoms with Gasteiger partial charge < -0.3 is 24.8 Å². The Kier molecular flexibility index (Phi) is 8.45. The first-order valence-corrected chi connectivity index (χ1v) is 15.8. The Bertz CT molecular complexity index is 1780. The monoisotopic (exact) mass is 631 g/mol. The molecule has 45 heavy (non-hydrogen) atoms. The number of aromatic nitrogens is 3. The van der Waals surface area contributed by atoms with E-state index in [1.54, 1.807) is 33.8 Å². The van der Waals surface area contributed by atoms with Crippen LogP contribution in [0.1, 0.15) is 79.0 Å². The fraction of sp³-hybridized carbons (Fsp3) is 0.412. The molecule has 0 spiro atoms. The van der Waals surface area contributed by atoms with Gasteiger partial charge >= 0.3 is 5.97 Å². The number of aryl methyl sites for hydroxylation is 2. The zero-order valence-electron chi connectivity index (χ0n) is 26.0. The lowest BCUT2D eigenvalue weighted by Crippen LogP contribution is -2.34. The molecular formula is C34H38ClN5O5. The van der Waals surface area contributed by atoms with Crippen molar-refractivity contribution in [2.45, 2.75) is 71.6 Å². The largest absolute Gasteiger partial charge is 0.490 e. The maximum atomic E-state index is 13.5. The van der Waals surface area contributed by atoms with E-state index in [1.807, 2.05) is 30.3 Å². The number of hydrogen-bond acceptors (Lipinski definition) is 7. The number of carboxylic acid groups (broad SMARTS) is 1. The number of aliphatic carboxylic acids is 1. The van der Waals surface area contributed by atoms with Crippen LogP contribution in [0.25, 0.3) is 16.9 Å². The zero-order chi connectivity index (χ0) is 31.9. The molecule has 0 saturated carbocycles. The molecule has 1 unspecified atom stereocenters. The molecule has 2 aromatic carbocycles. The molecule has 10 nitrogen and oxygen atoms in total. The molecule has 0 fully saturated rings. The number of fused-ring (bicyclic) bond motifs is 4. The Morgan fingerprint density at radius 3 is 2.64 bits per heavy atom. The van der Waals surface area contributed by atoms with Gasteiger partial charge in [0.15, 0.2) is 17.4 Å². The zero-order valence-corrected chi connectivity index (χ0v) is 26.8. The molecule has 236 valence electrons. The first kappa shape index (κ1) is 30.9. The number of ether oxygens (including phenoxy) is 2. The molecule has 0 radical (unpaired) electrons. The van der Waals surface area contributed by atoms with Crippen LogP contribution in [0.4, 0.5) is 5.69 Å². The van der Waals surface area contributed by atoms with E-state index in [4.69, 9.17) is 31.2 Å². The molecule has 2 aliphatic heterocycles. The van der Waals surface area contributed by atoms with Crippen LogP contribution in [-0.2, 0) is 22.5 Å². The van der Waals surface area contributed by atoms with E-state index >= 15 is 0 Å². The quantitative estimate of drug-likeness (QED) is 0.276. The topological polar surface area (TPSA) is 118 Å². The summed E-state index contributed by atoms with van der Waals surface area (Å²) in [7, 11) is 0. The van der Waals surface area contributed by atoms with Crippen LogP contribution in [0.2, 0.25) is 5.02 Å². The Labute approximate surface area is 267 Å². The van der Waals surface area contributed by atoms with Crippen LogP contribution in [0.5, 0.6) is 5.75 Å². The van der Waals surface area contributed by atoms with Gasteiger partial charge in [-0.2, -0.15) is 5.10 Å². The summed E-state index contributed by atoms with van der Waals surface area (Å²) in [5.74, 6) is -0.866. The van der Waals surface area contributed by atoms with Crippen LogP contribution in [0, 0.1) is 6.92 Å². The summed E-state index contributed by atoms with van der Waals surface area (Å²) in [6.07, 6.45) is 2.54. The molecule has 4 bridgehead atoms. The van der Waals surface area contributed by atoms with Gasteiger partial charge in [-0.05, 0) is 70.2 Å². The Morgan fingerprint density at radius 1 is 1.11 bits per heavy atom. The van der Waals surface area contributed by atoms with Gasteiger partial charge in [-0.15, -0.1) is 0 Å². The maximum Gasteiger partial charge on any atom is 0.337 e. The fourth-order valence-corrected chi connectivity index (χ4v) is 6.55. The minimum atomic E-state index is -1.38. The molecule has 0 aliphatic carbocycles. The van der Waals surface area contributed by atoms with E-state index in [-0.39, 0.29) is 11.6 Å². The van der Waals surface area contributed by atoms with Crippen LogP contribution >= 0.6 is 11.6 Å². The van der Waals surface area contributed by atoms with E-state index in [1.165, 1.54) is 10.1 Å². The molecular weight excluding hydrogens is 594 g/mol. The first-order valence-electron chi connectivity index (χ1n) is 15.4. The highest BCUT2D eigenvalue weighted by Crippen LogP contribution is 2.46. The Balaban J connectivity index is 1.59. The number of nitrogens with one attached hydrogen (secondary N) is 1. The third-order valence-electron chi connectivity index (χ3n) is 8.22. The van der Waals surface area contributed by atoms with Gasteiger partial charge in [-0.3, -0.25) is 4.79 Å². The number of hydrogen-bond donors (Lipinski definition) is 2. The van der Waals surface area contributed by atoms with E-state index < -0.39 is 17.7 Å². The molecule has 1 amide bonds. The Hall–Kier alpha value is -4.15. The van der Waals surface area contributed by atoms with E-state index in [9.17, 15) is 14.7 Å². The summed E-state index contributed by atoms with van der Waals surface area (Å²) in [5.41, 5.74) is 4.48. The molecule has 0 saturated heterocycles. The van der Waals surface area contributed by atoms with Crippen LogP contribution < -0.4 is 15.0 Å². The summed E-state index contributed by atoms with van der Waals surface area (Å²) in [6.45, 7) is 9.51. The maximum absolute atomic E-state index is 13.5. The molecule has 2 aliphatic rings. The molecule has 4 heterocycles. The molecule has 1 atom stereocenters. The summed E-state index contributed by atoms with van der Waals surface area (Å²) >= 11 is 7.27. The van der Waals surface area contributed by atoms with Gasteiger partial charge in [0.25, 0.3) is 5.91 Å². The average molecular weight is 632 g/mol. The number of halogens is 1. The molecule has 2 N–H and O–H groups in total. The second kappa shape index (κ2) is 12.3. The number of rotatable bonds is 3. The number of carbonyl (C=O) groups excluding carboxylic acids is 1. The van der Waals surface area contributed by atoms with Crippen molar-refractivity contribution in [3.8, 4) is 17.0 Å². The van der Waals surface area contributed by atoms with Crippen molar-refractivity contribution in [1.29, 1.82) is 0 Å². The predicted molar refractivity (Wildman–Crippen MR) is 172 cm³/mol. The lowest BCUT2D eigenvalue weighted by Gasteiger charge is -2.33. The SMILES string of the molecule is Cc1nc2cc3nn2c(c1C(OC(C)(C)C)C(=O)O)-c1ccc2c(c1Cl)N(CCCCCc1ccccc1CNC3=O)CCO2. The van der Waals surface area contributed by atoms with E-state index in [0.717, 1.165) is 43.5 Å². The second-order valence-electron chi connectivity index (χ2n) is 12.6. The summed E-state index contributed by atoms with van der Waals surface area (Å²) in [6, 6.07) is 13.4. The second-order valence-corrected chi connectivity index (χ2v) is 13.0. The third kappa shape index (κ3) is 6.21. The number of carboxylic acids is 1. The highest BCUT2D eigenvalue weighted by molar-refractivity contribution is 6.36. The van der Waals surface area contributed by atoms with Crippen molar-refractivity contribution in [1.82, 2.24) is 19.9 Å². The number of carbonyl (C=O) groups is 2. The average Bonchev–Trinajstić information content (AvgIpc) is 3.42. The first-order chi connectivity index (χ1) is 21.5. The van der Waals surface area contributed by atoms with Crippen LogP contribution in [0.3, 0.4) is 0 Å². The summed E-state index contributed by atoms with van der Waals surface area (Å²) < 4.78 is 13.7. The van der Waals surface area contributed by atoms with Crippen molar-refractivity contribution in [3.05, 3.63) is 75.6 Å².